The fourth-order valence-electron chi connectivity index (χ4n) is 7.81. The number of carbonyl (C=O) groups excluding carboxylic acids is 6. The first-order chi connectivity index (χ1) is 26.7. The highest BCUT2D eigenvalue weighted by molar-refractivity contribution is 8.14. The van der Waals surface area contributed by atoms with E-state index < -0.39 is 23.2 Å². The molecule has 2 saturated heterocycles. The summed E-state index contributed by atoms with van der Waals surface area (Å²) in [5.74, 6) is 0.222. The summed E-state index contributed by atoms with van der Waals surface area (Å²) >= 11 is 2.86. The molecule has 55 heavy (non-hydrogen) atoms. The van der Waals surface area contributed by atoms with Crippen LogP contribution in [-0.4, -0.2) is 118 Å². The Balaban J connectivity index is 1.19. The van der Waals surface area contributed by atoms with Crippen LogP contribution in [0.25, 0.3) is 0 Å². The number of hydrogen-bond donors (Lipinski definition) is 2. The van der Waals surface area contributed by atoms with Gasteiger partial charge in [0.05, 0.1) is 22.9 Å². The average Bonchev–Trinajstić information content (AvgIpc) is 3.34. The molecule has 4 aliphatic rings. The van der Waals surface area contributed by atoms with Crippen molar-refractivity contribution in [3.8, 4) is 0 Å². The molecule has 0 bridgehead atoms. The van der Waals surface area contributed by atoms with Crippen LogP contribution in [0, 0.1) is 0 Å². The van der Waals surface area contributed by atoms with Gasteiger partial charge in [-0.25, -0.2) is 0 Å². The Hall–Kier alpha value is -4.20. The van der Waals surface area contributed by atoms with Crippen molar-refractivity contribution in [1.82, 2.24) is 25.3 Å². The second kappa shape index (κ2) is 19.6. The Bertz CT molecular complexity index is 1760. The number of nitrogens with zero attached hydrogens (tertiary/aromatic N) is 3. The number of hydrogen-bond acceptors (Lipinski definition) is 9. The van der Waals surface area contributed by atoms with Crippen LogP contribution < -0.4 is 10.6 Å². The first-order valence-corrected chi connectivity index (χ1v) is 21.4. The number of rotatable bonds is 15. The number of allylic oxidation sites excluding steroid dienone is 3. The predicted octanol–water partition coefficient (Wildman–Crippen LogP) is 4.80. The molecule has 2 N–H and O–H groups in total. The summed E-state index contributed by atoms with van der Waals surface area (Å²) in [5, 5.41) is 4.93. The number of likely N-dealkylation sites (N-methyl/N-ethyl adjacent to an activating group) is 1. The lowest BCUT2D eigenvalue weighted by Crippen LogP contribution is -2.55. The minimum absolute atomic E-state index is 0.0519. The van der Waals surface area contributed by atoms with Crippen LogP contribution in [-0.2, 0) is 19.2 Å². The van der Waals surface area contributed by atoms with E-state index in [2.05, 4.69) is 27.7 Å². The van der Waals surface area contributed by atoms with E-state index in [-0.39, 0.29) is 47.8 Å². The number of likely N-dealkylation sites (tertiary alicyclic amines) is 1. The molecule has 292 valence electrons. The maximum atomic E-state index is 14.6. The van der Waals surface area contributed by atoms with E-state index in [9.17, 15) is 28.8 Å². The zero-order valence-corrected chi connectivity index (χ0v) is 33.1. The van der Waals surface area contributed by atoms with Crippen molar-refractivity contribution in [3.05, 3.63) is 95.1 Å². The van der Waals surface area contributed by atoms with Gasteiger partial charge >= 0.3 is 0 Å². The number of thioether (sulfide) groups is 2. The first kappa shape index (κ1) is 40.5. The van der Waals surface area contributed by atoms with Gasteiger partial charge in [-0.05, 0) is 67.7 Å². The smallest absolute Gasteiger partial charge is 0.261 e. The SMILES string of the molecule is CNC(=O)C(CC1=CCCC=C1)N1CCC(c2ccccc2)CC(NC(=O)C(CCCCN2C(=O)c3ccccc3C2=O)SC(=O)CN2CCSCC2)C1=O. The number of benzene rings is 2. The highest BCUT2D eigenvalue weighted by atomic mass is 32.2. The predicted molar refractivity (Wildman–Crippen MR) is 217 cm³/mol. The van der Waals surface area contributed by atoms with Crippen molar-refractivity contribution in [3.63, 3.8) is 0 Å². The first-order valence-electron chi connectivity index (χ1n) is 19.4. The van der Waals surface area contributed by atoms with E-state index in [1.807, 2.05) is 48.2 Å². The molecular formula is C42H51N5O6S2. The molecule has 11 nitrogen and oxygen atoms in total. The second-order valence-corrected chi connectivity index (χ2v) is 17.0. The Kier molecular flexibility index (Phi) is 14.4. The summed E-state index contributed by atoms with van der Waals surface area (Å²) in [6.07, 6.45) is 10.6. The molecule has 0 spiro atoms. The van der Waals surface area contributed by atoms with Gasteiger partial charge in [0.1, 0.15) is 12.1 Å². The number of nitrogens with one attached hydrogen (secondary N) is 2. The van der Waals surface area contributed by atoms with Crippen molar-refractivity contribution in [2.24, 2.45) is 0 Å². The maximum absolute atomic E-state index is 14.6. The minimum Gasteiger partial charge on any atom is -0.357 e. The molecule has 2 aromatic carbocycles. The highest BCUT2D eigenvalue weighted by Gasteiger charge is 2.40. The van der Waals surface area contributed by atoms with Gasteiger partial charge in [-0.15, -0.1) is 0 Å². The van der Waals surface area contributed by atoms with E-state index >= 15 is 0 Å². The summed E-state index contributed by atoms with van der Waals surface area (Å²) in [6, 6.07) is 15.0. The van der Waals surface area contributed by atoms with Crippen LogP contribution in [0.2, 0.25) is 0 Å². The zero-order valence-electron chi connectivity index (χ0n) is 31.5. The van der Waals surface area contributed by atoms with E-state index in [1.165, 1.54) is 4.90 Å². The molecule has 1 aliphatic carbocycles. The Morgan fingerprint density at radius 3 is 2.27 bits per heavy atom. The van der Waals surface area contributed by atoms with Crippen molar-refractivity contribution in [2.75, 3.05) is 51.3 Å². The van der Waals surface area contributed by atoms with Crippen molar-refractivity contribution in [2.45, 2.75) is 74.6 Å². The summed E-state index contributed by atoms with van der Waals surface area (Å²) in [5.41, 5.74) is 2.84. The van der Waals surface area contributed by atoms with Crippen molar-refractivity contribution >= 4 is 58.2 Å². The van der Waals surface area contributed by atoms with Gasteiger partial charge in [-0.3, -0.25) is 38.6 Å². The lowest BCUT2D eigenvalue weighted by molar-refractivity contribution is -0.142. The third-order valence-electron chi connectivity index (χ3n) is 10.8. The molecule has 0 saturated carbocycles. The molecule has 13 heteroatoms. The normalized spacial score (nSPS) is 21.4. The van der Waals surface area contributed by atoms with Crippen LogP contribution in [0.15, 0.2) is 78.4 Å². The summed E-state index contributed by atoms with van der Waals surface area (Å²) in [4.78, 5) is 86.7. The Morgan fingerprint density at radius 1 is 0.891 bits per heavy atom. The molecule has 2 aromatic rings. The number of imide groups is 1. The standard InChI is InChI=1S/C42H51N5O6S2/c1-43-38(49)35(26-29-12-4-2-5-13-29)46-21-19-31(30-14-6-3-7-15-30)27-34(42(46)53)44-39(50)36(55-37(48)28-45-22-24-54-25-23-45)18-10-11-20-47-40(51)32-16-8-9-17-33(32)41(47)52/h3-4,6-9,12-17,31,34-36H,2,5,10-11,18-28H2,1H3,(H,43,49)(H,44,50). The van der Waals surface area contributed by atoms with Gasteiger partial charge in [0.25, 0.3) is 11.8 Å². The van der Waals surface area contributed by atoms with Gasteiger partial charge in [0.15, 0.2) is 0 Å². The number of amides is 5. The molecule has 0 radical (unpaired) electrons. The van der Waals surface area contributed by atoms with Gasteiger partial charge in [-0.2, -0.15) is 11.8 Å². The summed E-state index contributed by atoms with van der Waals surface area (Å²) < 4.78 is 0. The monoisotopic (exact) mass is 785 g/mol. The molecule has 2 fully saturated rings. The van der Waals surface area contributed by atoms with E-state index in [1.54, 1.807) is 36.2 Å². The van der Waals surface area contributed by atoms with Crippen LogP contribution in [0.1, 0.15) is 83.6 Å². The molecule has 4 unspecified atom stereocenters. The Labute approximate surface area is 332 Å². The van der Waals surface area contributed by atoms with E-state index in [0.29, 0.717) is 56.2 Å². The highest BCUT2D eigenvalue weighted by Crippen LogP contribution is 2.32. The van der Waals surface area contributed by atoms with Crippen molar-refractivity contribution in [1.29, 1.82) is 0 Å². The van der Waals surface area contributed by atoms with Crippen molar-refractivity contribution < 1.29 is 28.8 Å². The van der Waals surface area contributed by atoms with Crippen LogP contribution in [0.5, 0.6) is 0 Å². The summed E-state index contributed by atoms with van der Waals surface area (Å²) in [6.45, 7) is 2.39. The van der Waals surface area contributed by atoms with E-state index in [4.69, 9.17) is 0 Å². The van der Waals surface area contributed by atoms with Crippen LogP contribution >= 0.6 is 23.5 Å². The third-order valence-corrected chi connectivity index (χ3v) is 12.9. The molecule has 5 amide bonds. The molecule has 3 aliphatic heterocycles. The second-order valence-electron chi connectivity index (χ2n) is 14.5. The molecule has 0 aromatic heterocycles. The van der Waals surface area contributed by atoms with Gasteiger partial charge in [0.2, 0.25) is 22.8 Å². The van der Waals surface area contributed by atoms with Crippen LogP contribution in [0.4, 0.5) is 0 Å². The minimum atomic E-state index is -0.918. The van der Waals surface area contributed by atoms with Gasteiger partial charge < -0.3 is 15.5 Å². The van der Waals surface area contributed by atoms with Gasteiger partial charge in [0, 0.05) is 51.2 Å². The topological polar surface area (TPSA) is 136 Å². The summed E-state index contributed by atoms with van der Waals surface area (Å²) in [7, 11) is 1.57. The molecule has 6 rings (SSSR count). The number of carbonyl (C=O) groups is 6. The fourth-order valence-corrected chi connectivity index (χ4v) is 9.82. The Morgan fingerprint density at radius 2 is 1.60 bits per heavy atom. The number of fused-ring (bicyclic) bond motifs is 1. The maximum Gasteiger partial charge on any atom is 0.261 e. The number of unbranched alkanes of at least 4 members (excludes halogenated alkanes) is 1. The van der Waals surface area contributed by atoms with Crippen LogP contribution in [0.3, 0.4) is 0 Å². The quantitative estimate of drug-likeness (QED) is 0.193. The average molecular weight is 786 g/mol. The largest absolute Gasteiger partial charge is 0.357 e. The molecular weight excluding hydrogens is 735 g/mol. The zero-order chi connectivity index (χ0) is 38.7. The fraction of sp³-hybridized carbons (Fsp3) is 0.476. The molecule has 3 heterocycles. The van der Waals surface area contributed by atoms with E-state index in [0.717, 1.165) is 60.3 Å². The van der Waals surface area contributed by atoms with Gasteiger partial charge in [-0.1, -0.05) is 78.9 Å². The lowest BCUT2D eigenvalue weighted by Gasteiger charge is -2.32. The molecule has 4 atom stereocenters. The lowest BCUT2D eigenvalue weighted by atomic mass is 9.90. The third kappa shape index (κ3) is 10.4.